The summed E-state index contributed by atoms with van der Waals surface area (Å²) in [6.45, 7) is 5.44. The number of amides is 2. The van der Waals surface area contributed by atoms with E-state index in [0.29, 0.717) is 43.2 Å². The fourth-order valence-corrected chi connectivity index (χ4v) is 3.11. The van der Waals surface area contributed by atoms with Crippen LogP contribution in [0.3, 0.4) is 0 Å². The van der Waals surface area contributed by atoms with Crippen molar-refractivity contribution in [3.63, 3.8) is 0 Å². The minimum atomic E-state index is -4.36. The average Bonchev–Trinajstić information content (AvgIpc) is 2.73. The van der Waals surface area contributed by atoms with Gasteiger partial charge in [-0.05, 0) is 36.4 Å². The van der Waals surface area contributed by atoms with Crippen LogP contribution in [-0.2, 0) is 11.0 Å². The molecule has 1 aromatic carbocycles. The van der Waals surface area contributed by atoms with E-state index < -0.39 is 11.7 Å². The fraction of sp³-hybridized carbons (Fsp3) is 0.381. The van der Waals surface area contributed by atoms with Gasteiger partial charge in [0, 0.05) is 49.5 Å². The van der Waals surface area contributed by atoms with Crippen LogP contribution in [0.15, 0.2) is 42.6 Å². The zero-order chi connectivity index (χ0) is 21.9. The minimum absolute atomic E-state index is 0.176. The number of piperazine rings is 1. The highest BCUT2D eigenvalue weighted by molar-refractivity contribution is 5.97. The molecule has 9 heteroatoms. The largest absolute Gasteiger partial charge is 0.416 e. The number of halogens is 3. The fourth-order valence-electron chi connectivity index (χ4n) is 3.11. The van der Waals surface area contributed by atoms with Crippen molar-refractivity contribution in [2.45, 2.75) is 20.0 Å². The van der Waals surface area contributed by atoms with Gasteiger partial charge in [-0.15, -0.1) is 0 Å². The average molecular weight is 420 g/mol. The lowest BCUT2D eigenvalue weighted by molar-refractivity contribution is -0.137. The second-order valence-corrected chi connectivity index (χ2v) is 7.40. The Morgan fingerprint density at radius 1 is 1.03 bits per heavy atom. The van der Waals surface area contributed by atoms with Gasteiger partial charge in [-0.3, -0.25) is 9.59 Å². The summed E-state index contributed by atoms with van der Waals surface area (Å²) in [7, 11) is 0. The number of anilines is 2. The predicted molar refractivity (Wildman–Crippen MR) is 107 cm³/mol. The maximum Gasteiger partial charge on any atom is 0.416 e. The van der Waals surface area contributed by atoms with Crippen LogP contribution in [-0.4, -0.2) is 47.9 Å². The number of rotatable bonds is 4. The molecule has 1 aliphatic heterocycles. The van der Waals surface area contributed by atoms with E-state index in [9.17, 15) is 22.8 Å². The summed E-state index contributed by atoms with van der Waals surface area (Å²) in [6, 6.07) is 8.17. The first-order chi connectivity index (χ1) is 14.1. The molecule has 0 aliphatic carbocycles. The van der Waals surface area contributed by atoms with Crippen LogP contribution in [0.4, 0.5) is 24.7 Å². The van der Waals surface area contributed by atoms with Gasteiger partial charge in [0.15, 0.2) is 0 Å². The highest BCUT2D eigenvalue weighted by Gasteiger charge is 2.30. The topological polar surface area (TPSA) is 65.5 Å². The van der Waals surface area contributed by atoms with Gasteiger partial charge >= 0.3 is 6.18 Å². The van der Waals surface area contributed by atoms with Crippen molar-refractivity contribution in [1.82, 2.24) is 9.88 Å². The molecule has 6 nitrogen and oxygen atoms in total. The monoisotopic (exact) mass is 420 g/mol. The molecule has 1 aromatic heterocycles. The molecular formula is C21H23F3N4O2. The molecule has 1 saturated heterocycles. The summed E-state index contributed by atoms with van der Waals surface area (Å²) in [6.07, 6.45) is -2.89. The third-order valence-corrected chi connectivity index (χ3v) is 4.91. The van der Waals surface area contributed by atoms with Gasteiger partial charge in [-0.2, -0.15) is 13.2 Å². The Kier molecular flexibility index (Phi) is 6.28. The van der Waals surface area contributed by atoms with Gasteiger partial charge in [0.25, 0.3) is 5.91 Å². The zero-order valence-corrected chi connectivity index (χ0v) is 16.7. The van der Waals surface area contributed by atoms with Crippen molar-refractivity contribution in [3.8, 4) is 0 Å². The van der Waals surface area contributed by atoms with Crippen LogP contribution < -0.4 is 10.2 Å². The lowest BCUT2D eigenvalue weighted by Gasteiger charge is -2.36. The summed E-state index contributed by atoms with van der Waals surface area (Å²) in [4.78, 5) is 32.3. The van der Waals surface area contributed by atoms with E-state index in [-0.39, 0.29) is 17.7 Å². The Hall–Kier alpha value is -3.10. The Labute approximate surface area is 172 Å². The van der Waals surface area contributed by atoms with Crippen LogP contribution in [0, 0.1) is 5.92 Å². The third kappa shape index (κ3) is 5.08. The van der Waals surface area contributed by atoms with Gasteiger partial charge in [-0.25, -0.2) is 4.98 Å². The van der Waals surface area contributed by atoms with Gasteiger partial charge in [0.1, 0.15) is 5.82 Å². The van der Waals surface area contributed by atoms with E-state index >= 15 is 0 Å². The van der Waals surface area contributed by atoms with Crippen molar-refractivity contribution in [3.05, 3.63) is 53.7 Å². The van der Waals surface area contributed by atoms with Crippen LogP contribution in [0.2, 0.25) is 0 Å². The molecule has 2 amide bonds. The normalized spacial score (nSPS) is 14.7. The summed E-state index contributed by atoms with van der Waals surface area (Å²) >= 11 is 0. The number of carbonyl (C=O) groups is 2. The number of pyridine rings is 1. The number of hydrogen-bond acceptors (Lipinski definition) is 4. The van der Waals surface area contributed by atoms with E-state index in [1.165, 1.54) is 18.3 Å². The number of nitrogens with one attached hydrogen (secondary N) is 1. The first-order valence-corrected chi connectivity index (χ1v) is 9.63. The summed E-state index contributed by atoms with van der Waals surface area (Å²) in [5, 5.41) is 2.67. The predicted octanol–water partition coefficient (Wildman–Crippen LogP) is 3.66. The number of hydrogen-bond donors (Lipinski definition) is 1. The Balaban J connectivity index is 1.61. The number of benzene rings is 1. The molecule has 0 saturated carbocycles. The molecule has 0 unspecified atom stereocenters. The molecule has 160 valence electrons. The number of carbonyl (C=O) groups excluding carboxylic acids is 2. The number of nitrogens with zero attached hydrogens (tertiary/aromatic N) is 3. The quantitative estimate of drug-likeness (QED) is 0.820. The lowest BCUT2D eigenvalue weighted by Crippen LogP contribution is -2.48. The Bertz CT molecular complexity index is 905. The van der Waals surface area contributed by atoms with Crippen molar-refractivity contribution in [2.75, 3.05) is 36.4 Å². The molecule has 2 aromatic rings. The van der Waals surface area contributed by atoms with E-state index in [4.69, 9.17) is 0 Å². The van der Waals surface area contributed by atoms with Crippen LogP contribution in [0.25, 0.3) is 0 Å². The van der Waals surface area contributed by atoms with E-state index in [1.54, 1.807) is 30.9 Å². The van der Waals surface area contributed by atoms with E-state index in [0.717, 1.165) is 12.1 Å². The van der Waals surface area contributed by atoms with Gasteiger partial charge in [0.05, 0.1) is 5.56 Å². The SMILES string of the molecule is CC(C)C(=O)Nc1cc(C(=O)N2CCN(c3ccc(C(F)(F)F)cc3)CC2)ccn1. The Morgan fingerprint density at radius 2 is 1.67 bits per heavy atom. The van der Waals surface area contributed by atoms with E-state index in [1.807, 2.05) is 4.90 Å². The molecule has 3 rings (SSSR count). The highest BCUT2D eigenvalue weighted by Crippen LogP contribution is 2.30. The molecule has 2 heterocycles. The smallest absolute Gasteiger partial charge is 0.368 e. The lowest BCUT2D eigenvalue weighted by atomic mass is 10.1. The van der Waals surface area contributed by atoms with Crippen LogP contribution in [0.1, 0.15) is 29.8 Å². The summed E-state index contributed by atoms with van der Waals surface area (Å²) in [5.41, 5.74) is 0.433. The number of aromatic nitrogens is 1. The minimum Gasteiger partial charge on any atom is -0.368 e. The molecule has 0 spiro atoms. The highest BCUT2D eigenvalue weighted by atomic mass is 19.4. The Morgan fingerprint density at radius 3 is 2.23 bits per heavy atom. The standard InChI is InChI=1S/C21H23F3N4O2/c1-14(2)19(29)26-18-13-15(7-8-25-18)20(30)28-11-9-27(10-12-28)17-5-3-16(4-6-17)21(22,23)24/h3-8,13-14H,9-12H2,1-2H3,(H,25,26,29). The first-order valence-electron chi connectivity index (χ1n) is 9.63. The maximum atomic E-state index is 12.8. The summed E-state index contributed by atoms with van der Waals surface area (Å²) in [5.74, 6) is -0.242. The second-order valence-electron chi connectivity index (χ2n) is 7.40. The van der Waals surface area contributed by atoms with Crippen molar-refractivity contribution in [2.24, 2.45) is 5.92 Å². The van der Waals surface area contributed by atoms with Crippen molar-refractivity contribution >= 4 is 23.3 Å². The molecule has 1 fully saturated rings. The molecule has 1 N–H and O–H groups in total. The number of alkyl halides is 3. The second kappa shape index (κ2) is 8.73. The molecule has 0 atom stereocenters. The molecule has 0 radical (unpaired) electrons. The molecular weight excluding hydrogens is 397 g/mol. The maximum absolute atomic E-state index is 12.8. The zero-order valence-electron chi connectivity index (χ0n) is 16.7. The summed E-state index contributed by atoms with van der Waals surface area (Å²) < 4.78 is 38.1. The molecule has 1 aliphatic rings. The van der Waals surface area contributed by atoms with Crippen LogP contribution in [0.5, 0.6) is 0 Å². The van der Waals surface area contributed by atoms with Gasteiger partial charge < -0.3 is 15.1 Å². The third-order valence-electron chi connectivity index (χ3n) is 4.91. The first kappa shape index (κ1) is 21.6. The van der Waals surface area contributed by atoms with Gasteiger partial charge in [-0.1, -0.05) is 13.8 Å². The van der Waals surface area contributed by atoms with Crippen molar-refractivity contribution < 1.29 is 22.8 Å². The van der Waals surface area contributed by atoms with Crippen molar-refractivity contribution in [1.29, 1.82) is 0 Å². The molecule has 0 bridgehead atoms. The molecule has 30 heavy (non-hydrogen) atoms. The van der Waals surface area contributed by atoms with Crippen LogP contribution >= 0.6 is 0 Å². The van der Waals surface area contributed by atoms with Gasteiger partial charge in [0.2, 0.25) is 5.91 Å². The van der Waals surface area contributed by atoms with E-state index in [2.05, 4.69) is 10.3 Å².